The molecule has 1 N–H and O–H groups in total. The minimum Gasteiger partial charge on any atom is -0.486 e. The van der Waals surface area contributed by atoms with Crippen molar-refractivity contribution in [1.29, 1.82) is 0 Å². The SMILES string of the molecule is Fc1cc(F)c(NCc2cccc3c2OCCO3)cc1F. The molecule has 0 aliphatic carbocycles. The zero-order valence-electron chi connectivity index (χ0n) is 11.0. The number of benzene rings is 2. The first-order chi connectivity index (χ1) is 10.1. The van der Waals surface area contributed by atoms with Gasteiger partial charge in [-0.25, -0.2) is 13.2 Å². The van der Waals surface area contributed by atoms with Crippen LogP contribution in [-0.2, 0) is 6.54 Å². The van der Waals surface area contributed by atoms with Gasteiger partial charge in [-0.3, -0.25) is 0 Å². The smallest absolute Gasteiger partial charge is 0.166 e. The van der Waals surface area contributed by atoms with Gasteiger partial charge in [-0.1, -0.05) is 12.1 Å². The summed E-state index contributed by atoms with van der Waals surface area (Å²) in [7, 11) is 0. The average molecular weight is 295 g/mol. The summed E-state index contributed by atoms with van der Waals surface area (Å²) < 4.78 is 50.5. The molecule has 0 aromatic heterocycles. The largest absolute Gasteiger partial charge is 0.486 e. The minimum absolute atomic E-state index is 0.108. The molecule has 0 saturated carbocycles. The molecule has 0 atom stereocenters. The van der Waals surface area contributed by atoms with E-state index >= 15 is 0 Å². The molecule has 3 nitrogen and oxygen atoms in total. The van der Waals surface area contributed by atoms with Crippen LogP contribution in [0, 0.1) is 17.5 Å². The average Bonchev–Trinajstić information content (AvgIpc) is 2.49. The highest BCUT2D eigenvalue weighted by Crippen LogP contribution is 2.34. The van der Waals surface area contributed by atoms with Crippen molar-refractivity contribution in [2.45, 2.75) is 6.54 Å². The van der Waals surface area contributed by atoms with E-state index in [9.17, 15) is 13.2 Å². The van der Waals surface area contributed by atoms with Crippen molar-refractivity contribution in [2.75, 3.05) is 18.5 Å². The second kappa shape index (κ2) is 5.55. The molecule has 1 aliphatic rings. The van der Waals surface area contributed by atoms with Crippen LogP contribution < -0.4 is 14.8 Å². The van der Waals surface area contributed by atoms with Crippen molar-refractivity contribution in [2.24, 2.45) is 0 Å². The molecule has 0 saturated heterocycles. The summed E-state index contributed by atoms with van der Waals surface area (Å²) in [6, 6.07) is 6.65. The number of nitrogens with one attached hydrogen (secondary N) is 1. The summed E-state index contributed by atoms with van der Waals surface area (Å²) in [6.07, 6.45) is 0. The number of anilines is 1. The monoisotopic (exact) mass is 295 g/mol. The lowest BCUT2D eigenvalue weighted by atomic mass is 10.1. The Morgan fingerprint density at radius 2 is 1.71 bits per heavy atom. The van der Waals surface area contributed by atoms with Gasteiger partial charge in [-0.15, -0.1) is 0 Å². The third kappa shape index (κ3) is 2.74. The summed E-state index contributed by atoms with van der Waals surface area (Å²) in [5.74, 6) is -1.97. The summed E-state index contributed by atoms with van der Waals surface area (Å²) in [4.78, 5) is 0. The van der Waals surface area contributed by atoms with E-state index in [2.05, 4.69) is 5.32 Å². The molecule has 1 aliphatic heterocycles. The normalized spacial score (nSPS) is 13.1. The molecular weight excluding hydrogens is 283 g/mol. The Morgan fingerprint density at radius 1 is 0.952 bits per heavy atom. The van der Waals surface area contributed by atoms with Crippen LogP contribution in [0.1, 0.15) is 5.56 Å². The number of rotatable bonds is 3. The van der Waals surface area contributed by atoms with Gasteiger partial charge in [0.15, 0.2) is 23.1 Å². The van der Waals surface area contributed by atoms with Gasteiger partial charge in [-0.05, 0) is 6.07 Å². The predicted octanol–water partition coefficient (Wildman–Crippen LogP) is 3.49. The highest BCUT2D eigenvalue weighted by Gasteiger charge is 2.16. The molecule has 0 fully saturated rings. The van der Waals surface area contributed by atoms with Gasteiger partial charge in [0.05, 0.1) is 5.69 Å². The molecule has 2 aromatic carbocycles. The molecule has 0 unspecified atom stereocenters. The molecule has 110 valence electrons. The lowest BCUT2D eigenvalue weighted by molar-refractivity contribution is 0.170. The lowest BCUT2D eigenvalue weighted by Crippen LogP contribution is -2.17. The molecule has 0 bridgehead atoms. The van der Waals surface area contributed by atoms with E-state index in [1.165, 1.54) is 0 Å². The second-order valence-corrected chi connectivity index (χ2v) is 4.54. The molecule has 2 aromatic rings. The fourth-order valence-electron chi connectivity index (χ4n) is 2.12. The summed E-state index contributed by atoms with van der Waals surface area (Å²) in [5.41, 5.74) is 0.638. The Kier molecular flexibility index (Phi) is 3.60. The van der Waals surface area contributed by atoms with Gasteiger partial charge in [-0.2, -0.15) is 0 Å². The molecule has 3 rings (SSSR count). The molecule has 21 heavy (non-hydrogen) atoms. The topological polar surface area (TPSA) is 30.5 Å². The van der Waals surface area contributed by atoms with Gasteiger partial charge in [0.2, 0.25) is 0 Å². The van der Waals surface area contributed by atoms with Crippen LogP contribution in [0.25, 0.3) is 0 Å². The minimum atomic E-state index is -1.22. The lowest BCUT2D eigenvalue weighted by Gasteiger charge is -2.21. The maximum absolute atomic E-state index is 13.5. The van der Waals surface area contributed by atoms with E-state index in [-0.39, 0.29) is 12.2 Å². The molecule has 0 spiro atoms. The van der Waals surface area contributed by atoms with Crippen LogP contribution in [0.15, 0.2) is 30.3 Å². The number of fused-ring (bicyclic) bond motifs is 1. The van der Waals surface area contributed by atoms with Crippen LogP contribution in [0.2, 0.25) is 0 Å². The fourth-order valence-corrected chi connectivity index (χ4v) is 2.12. The Morgan fingerprint density at radius 3 is 2.57 bits per heavy atom. The Balaban J connectivity index is 1.81. The van der Waals surface area contributed by atoms with Crippen molar-refractivity contribution >= 4 is 5.69 Å². The van der Waals surface area contributed by atoms with Crippen LogP contribution in [0.3, 0.4) is 0 Å². The Labute approximate surface area is 119 Å². The predicted molar refractivity (Wildman–Crippen MR) is 71.1 cm³/mol. The third-order valence-electron chi connectivity index (χ3n) is 3.13. The van der Waals surface area contributed by atoms with Crippen molar-refractivity contribution in [3.63, 3.8) is 0 Å². The summed E-state index contributed by atoms with van der Waals surface area (Å²) in [6.45, 7) is 1.11. The summed E-state index contributed by atoms with van der Waals surface area (Å²) in [5, 5.41) is 2.73. The van der Waals surface area contributed by atoms with Gasteiger partial charge in [0.25, 0.3) is 0 Å². The van der Waals surface area contributed by atoms with Crippen LogP contribution >= 0.6 is 0 Å². The molecule has 0 amide bonds. The number of halogens is 3. The third-order valence-corrected chi connectivity index (χ3v) is 3.13. The van der Waals surface area contributed by atoms with E-state index in [4.69, 9.17) is 9.47 Å². The van der Waals surface area contributed by atoms with Gasteiger partial charge >= 0.3 is 0 Å². The second-order valence-electron chi connectivity index (χ2n) is 4.54. The first-order valence-corrected chi connectivity index (χ1v) is 6.41. The van der Waals surface area contributed by atoms with E-state index in [1.54, 1.807) is 18.2 Å². The van der Waals surface area contributed by atoms with Crippen LogP contribution in [-0.4, -0.2) is 13.2 Å². The van der Waals surface area contributed by atoms with Crippen LogP contribution in [0.4, 0.5) is 18.9 Å². The first kappa shape index (κ1) is 13.6. The van der Waals surface area contributed by atoms with Crippen molar-refractivity contribution < 1.29 is 22.6 Å². The molecule has 6 heteroatoms. The first-order valence-electron chi connectivity index (χ1n) is 6.41. The maximum Gasteiger partial charge on any atom is 0.166 e. The van der Waals surface area contributed by atoms with Gasteiger partial charge in [0.1, 0.15) is 19.0 Å². The zero-order chi connectivity index (χ0) is 14.8. The Hall–Kier alpha value is -2.37. The number of ether oxygens (including phenoxy) is 2. The zero-order valence-corrected chi connectivity index (χ0v) is 11.0. The highest BCUT2D eigenvalue weighted by molar-refractivity contribution is 5.51. The van der Waals surface area contributed by atoms with Crippen molar-refractivity contribution in [3.05, 3.63) is 53.3 Å². The maximum atomic E-state index is 13.5. The van der Waals surface area contributed by atoms with Crippen LogP contribution in [0.5, 0.6) is 11.5 Å². The summed E-state index contributed by atoms with van der Waals surface area (Å²) >= 11 is 0. The fraction of sp³-hybridized carbons (Fsp3) is 0.200. The molecule has 1 heterocycles. The number of hydrogen-bond donors (Lipinski definition) is 1. The van der Waals surface area contributed by atoms with Crippen molar-refractivity contribution in [3.8, 4) is 11.5 Å². The standard InChI is InChI=1S/C15H12F3NO2/c16-10-6-12(18)13(7-11(10)17)19-8-9-2-1-3-14-15(9)21-5-4-20-14/h1-3,6-7,19H,4-5,8H2. The molecular formula is C15H12F3NO2. The van der Waals surface area contributed by atoms with E-state index in [1.807, 2.05) is 0 Å². The number of para-hydroxylation sites is 1. The number of hydrogen-bond acceptors (Lipinski definition) is 3. The quantitative estimate of drug-likeness (QED) is 0.879. The van der Waals surface area contributed by atoms with Gasteiger partial charge in [0, 0.05) is 24.2 Å². The van der Waals surface area contributed by atoms with E-state index in [0.717, 1.165) is 11.6 Å². The van der Waals surface area contributed by atoms with Gasteiger partial charge < -0.3 is 14.8 Å². The highest BCUT2D eigenvalue weighted by atomic mass is 19.2. The van der Waals surface area contributed by atoms with E-state index in [0.29, 0.717) is 30.8 Å². The van der Waals surface area contributed by atoms with E-state index < -0.39 is 17.5 Å². The molecule has 0 radical (unpaired) electrons. The van der Waals surface area contributed by atoms with Crippen molar-refractivity contribution in [1.82, 2.24) is 0 Å². The Bertz CT molecular complexity index is 676.